The van der Waals surface area contributed by atoms with Crippen molar-refractivity contribution in [1.29, 1.82) is 0 Å². The van der Waals surface area contributed by atoms with Gasteiger partial charge in [0, 0.05) is 27.7 Å². The number of ether oxygens (including phenoxy) is 1. The summed E-state index contributed by atoms with van der Waals surface area (Å²) in [5.74, 6) is -0.461. The van der Waals surface area contributed by atoms with Crippen LogP contribution in [-0.2, 0) is 14.9 Å². The number of likely N-dealkylation sites (N-methyl/N-ethyl adjacent to an activating group) is 1. The lowest BCUT2D eigenvalue weighted by Crippen LogP contribution is -2.39. The van der Waals surface area contributed by atoms with Gasteiger partial charge in [-0.05, 0) is 16.8 Å². The van der Waals surface area contributed by atoms with Gasteiger partial charge in [0.2, 0.25) is 0 Å². The van der Waals surface area contributed by atoms with Gasteiger partial charge in [-0.15, -0.1) is 0 Å². The highest BCUT2D eigenvalue weighted by Gasteiger charge is 2.20. The van der Waals surface area contributed by atoms with Gasteiger partial charge in [-0.25, -0.2) is 4.79 Å². The first kappa shape index (κ1) is 17.4. The van der Waals surface area contributed by atoms with Crippen LogP contribution in [0.4, 0.5) is 0 Å². The molecule has 0 heterocycles. The van der Waals surface area contributed by atoms with Crippen LogP contribution in [0.2, 0.25) is 0 Å². The van der Waals surface area contributed by atoms with Crippen molar-refractivity contribution in [2.24, 2.45) is 0 Å². The Morgan fingerprint density at radius 2 is 1.70 bits per heavy atom. The molecule has 0 atom stereocenters. The molecule has 0 saturated carbocycles. The second-order valence-electron chi connectivity index (χ2n) is 5.27. The third kappa shape index (κ3) is 3.87. The van der Waals surface area contributed by atoms with Gasteiger partial charge in [-0.2, -0.15) is 17.0 Å². The minimum atomic E-state index is -3.50. The molecule has 0 N–H and O–H groups in total. The number of rotatable bonds is 6. The van der Waals surface area contributed by atoms with E-state index in [0.29, 0.717) is 5.56 Å². The Morgan fingerprint density at radius 3 is 2.39 bits per heavy atom. The van der Waals surface area contributed by atoms with Crippen molar-refractivity contribution in [3.63, 3.8) is 0 Å². The zero-order valence-corrected chi connectivity index (χ0v) is 14.2. The summed E-state index contributed by atoms with van der Waals surface area (Å²) in [5.41, 5.74) is 0.473. The van der Waals surface area contributed by atoms with Crippen LogP contribution >= 0.6 is 0 Å². The summed E-state index contributed by atoms with van der Waals surface area (Å²) in [4.78, 5) is 12.2. The topological polar surface area (TPSA) is 66.9 Å². The second-order valence-corrected chi connectivity index (χ2v) is 7.52. The van der Waals surface area contributed by atoms with E-state index in [2.05, 4.69) is 0 Å². The average Bonchev–Trinajstić information content (AvgIpc) is 2.53. The summed E-state index contributed by atoms with van der Waals surface area (Å²) in [7, 11) is 0.851. The lowest BCUT2D eigenvalue weighted by atomic mass is 10.1. The Labute approximate surface area is 136 Å². The summed E-state index contributed by atoms with van der Waals surface area (Å²) >= 11 is 0. The molecule has 0 radical (unpaired) electrons. The van der Waals surface area contributed by atoms with E-state index in [0.717, 1.165) is 19.4 Å². The van der Waals surface area contributed by atoms with E-state index >= 15 is 0 Å². The maximum absolute atomic E-state index is 12.2. The summed E-state index contributed by atoms with van der Waals surface area (Å²) in [6.45, 7) is 0.0860. The quantitative estimate of drug-likeness (QED) is 0.754. The molecular weight excluding hydrogens is 316 g/mol. The first-order valence-electron chi connectivity index (χ1n) is 7.12. The van der Waals surface area contributed by atoms with Crippen molar-refractivity contribution in [1.82, 2.24) is 8.61 Å². The molecule has 0 unspecified atom stereocenters. The first-order valence-corrected chi connectivity index (χ1v) is 8.52. The Balaban J connectivity index is 2.03. The van der Waals surface area contributed by atoms with Gasteiger partial charge in [-0.1, -0.05) is 36.4 Å². The molecule has 0 aliphatic heterocycles. The van der Waals surface area contributed by atoms with Crippen molar-refractivity contribution in [3.05, 3.63) is 48.0 Å². The predicted molar refractivity (Wildman–Crippen MR) is 89.5 cm³/mol. The zero-order valence-electron chi connectivity index (χ0n) is 13.4. The van der Waals surface area contributed by atoms with Crippen LogP contribution in [0.5, 0.6) is 0 Å². The van der Waals surface area contributed by atoms with Crippen molar-refractivity contribution in [2.75, 3.05) is 34.3 Å². The molecule has 0 saturated heterocycles. The first-order chi connectivity index (χ1) is 10.8. The lowest BCUT2D eigenvalue weighted by molar-refractivity contribution is 0.0495. The van der Waals surface area contributed by atoms with Gasteiger partial charge >= 0.3 is 5.97 Å². The van der Waals surface area contributed by atoms with E-state index < -0.39 is 16.2 Å². The number of esters is 1. The van der Waals surface area contributed by atoms with Gasteiger partial charge < -0.3 is 4.74 Å². The molecule has 2 aromatic rings. The highest BCUT2D eigenvalue weighted by Crippen LogP contribution is 2.19. The number of benzene rings is 2. The molecule has 0 aromatic heterocycles. The summed E-state index contributed by atoms with van der Waals surface area (Å²) < 4.78 is 31.2. The van der Waals surface area contributed by atoms with E-state index in [-0.39, 0.29) is 13.2 Å². The number of carbonyl (C=O) groups excluding carboxylic acids is 1. The molecule has 0 fully saturated rings. The van der Waals surface area contributed by atoms with E-state index in [1.807, 2.05) is 30.3 Å². The molecule has 0 bridgehead atoms. The standard InChI is InChI=1S/C16H20N2O4S/c1-17(2)23(20,21)18(3)11-12-22-16(19)15-10-6-8-13-7-4-5-9-14(13)15/h4-10H,11-12H2,1-3H3. The Morgan fingerprint density at radius 1 is 1.04 bits per heavy atom. The van der Waals surface area contributed by atoms with E-state index in [1.54, 1.807) is 12.1 Å². The second kappa shape index (κ2) is 7.08. The fraction of sp³-hybridized carbons (Fsp3) is 0.312. The largest absolute Gasteiger partial charge is 0.461 e. The minimum absolute atomic E-state index is 0.00831. The lowest BCUT2D eigenvalue weighted by Gasteiger charge is -2.21. The fourth-order valence-electron chi connectivity index (χ4n) is 2.14. The fourth-order valence-corrected chi connectivity index (χ4v) is 3.00. The molecule has 124 valence electrons. The van der Waals surface area contributed by atoms with Crippen LogP contribution in [0.15, 0.2) is 42.5 Å². The Kier molecular flexibility index (Phi) is 5.35. The third-order valence-corrected chi connectivity index (χ3v) is 5.40. The maximum Gasteiger partial charge on any atom is 0.338 e. The van der Waals surface area contributed by atoms with Crippen LogP contribution in [0, 0.1) is 0 Å². The third-order valence-electron chi connectivity index (χ3n) is 3.50. The van der Waals surface area contributed by atoms with Crippen molar-refractivity contribution in [2.45, 2.75) is 0 Å². The maximum atomic E-state index is 12.2. The highest BCUT2D eigenvalue weighted by molar-refractivity contribution is 7.86. The van der Waals surface area contributed by atoms with Crippen LogP contribution in [-0.4, -0.2) is 57.3 Å². The van der Waals surface area contributed by atoms with Crippen LogP contribution in [0.25, 0.3) is 10.8 Å². The molecule has 2 aromatic carbocycles. The van der Waals surface area contributed by atoms with Gasteiger partial charge in [0.05, 0.1) is 5.56 Å². The monoisotopic (exact) mass is 336 g/mol. The van der Waals surface area contributed by atoms with Gasteiger partial charge in [0.15, 0.2) is 0 Å². The normalized spacial score (nSPS) is 12.0. The van der Waals surface area contributed by atoms with E-state index in [1.165, 1.54) is 21.1 Å². The van der Waals surface area contributed by atoms with Gasteiger partial charge in [-0.3, -0.25) is 0 Å². The zero-order chi connectivity index (χ0) is 17.0. The average molecular weight is 336 g/mol. The van der Waals surface area contributed by atoms with Crippen LogP contribution in [0.1, 0.15) is 10.4 Å². The Bertz CT molecular complexity index is 797. The molecule has 0 aliphatic carbocycles. The summed E-state index contributed by atoms with van der Waals surface area (Å²) in [5, 5.41) is 1.77. The number of carbonyl (C=O) groups is 1. The van der Waals surface area contributed by atoms with E-state index in [9.17, 15) is 13.2 Å². The molecule has 0 amide bonds. The minimum Gasteiger partial charge on any atom is -0.461 e. The summed E-state index contributed by atoms with van der Waals surface area (Å²) in [6, 6.07) is 12.9. The number of hydrogen-bond acceptors (Lipinski definition) is 4. The smallest absolute Gasteiger partial charge is 0.338 e. The number of nitrogens with zero attached hydrogens (tertiary/aromatic N) is 2. The number of fused-ring (bicyclic) bond motifs is 1. The molecule has 7 heteroatoms. The van der Waals surface area contributed by atoms with Crippen molar-refractivity contribution >= 4 is 27.0 Å². The van der Waals surface area contributed by atoms with Gasteiger partial charge in [0.25, 0.3) is 10.2 Å². The van der Waals surface area contributed by atoms with Crippen molar-refractivity contribution in [3.8, 4) is 0 Å². The predicted octanol–water partition coefficient (Wildman–Crippen LogP) is 1.73. The molecule has 2 rings (SSSR count). The molecule has 0 aliphatic rings. The highest BCUT2D eigenvalue weighted by atomic mass is 32.2. The SMILES string of the molecule is CN(C)S(=O)(=O)N(C)CCOC(=O)c1cccc2ccccc12. The number of hydrogen-bond donors (Lipinski definition) is 0. The molecule has 23 heavy (non-hydrogen) atoms. The van der Waals surface area contributed by atoms with Crippen molar-refractivity contribution < 1.29 is 17.9 Å². The molecule has 0 spiro atoms. The van der Waals surface area contributed by atoms with Gasteiger partial charge in [0.1, 0.15) is 6.61 Å². The summed E-state index contributed by atoms with van der Waals surface area (Å²) in [6.07, 6.45) is 0. The van der Waals surface area contributed by atoms with Crippen LogP contribution < -0.4 is 0 Å². The van der Waals surface area contributed by atoms with Crippen LogP contribution in [0.3, 0.4) is 0 Å². The Hall–Kier alpha value is -1.96. The van der Waals surface area contributed by atoms with E-state index in [4.69, 9.17) is 4.74 Å². The molecular formula is C16H20N2O4S. The molecule has 6 nitrogen and oxygen atoms in total.